The average molecular weight is 1170 g/mol. The second-order valence-electron chi connectivity index (χ2n) is 23.1. The third kappa shape index (κ3) is 9.94. The van der Waals surface area contributed by atoms with Gasteiger partial charge in [-0.25, -0.2) is 4.98 Å². The summed E-state index contributed by atoms with van der Waals surface area (Å²) in [6, 6.07) is 76.9. The summed E-state index contributed by atoms with van der Waals surface area (Å²) in [5, 5.41) is 2.28. The molecule has 0 spiro atoms. The molecule has 1 aliphatic rings. The largest absolute Gasteiger partial charge is 0.509 e. The molecule has 10 aromatic rings. The van der Waals surface area contributed by atoms with Gasteiger partial charge in [0.05, 0.1) is 0 Å². The van der Waals surface area contributed by atoms with Gasteiger partial charge < -0.3 is 19.1 Å². The molecule has 0 atom stereocenters. The summed E-state index contributed by atoms with van der Waals surface area (Å²) in [7, 11) is 0. The average Bonchev–Trinajstić information content (AvgIpc) is 4.06. The van der Waals surface area contributed by atoms with Crippen molar-refractivity contribution in [3.05, 3.63) is 259 Å². The van der Waals surface area contributed by atoms with Gasteiger partial charge in [0.1, 0.15) is 5.82 Å². The van der Waals surface area contributed by atoms with Gasteiger partial charge in [0.2, 0.25) is 0 Å². The Labute approximate surface area is 464 Å². The van der Waals surface area contributed by atoms with Crippen LogP contribution in [0.1, 0.15) is 97.1 Å². The summed E-state index contributed by atoms with van der Waals surface area (Å²) in [5.74, 6) is 2.01. The summed E-state index contributed by atoms with van der Waals surface area (Å²) in [6.07, 6.45) is 4.24. The van der Waals surface area contributed by atoms with E-state index in [-0.39, 0.29) is 37.3 Å². The molecule has 76 heavy (non-hydrogen) atoms. The Balaban J connectivity index is 0.00000657. The van der Waals surface area contributed by atoms with E-state index < -0.39 is 5.41 Å². The van der Waals surface area contributed by atoms with Gasteiger partial charge in [-0.1, -0.05) is 226 Å². The van der Waals surface area contributed by atoms with Crippen LogP contribution in [0.15, 0.2) is 212 Å². The molecule has 384 valence electrons. The Morgan fingerprint density at radius 2 is 1.05 bits per heavy atom. The molecular formula is C70H65N4OPt-3. The van der Waals surface area contributed by atoms with E-state index in [0.717, 1.165) is 61.4 Å². The van der Waals surface area contributed by atoms with Crippen LogP contribution in [-0.4, -0.2) is 9.55 Å². The van der Waals surface area contributed by atoms with E-state index >= 15 is 0 Å². The molecule has 0 N–H and O–H groups in total. The minimum absolute atomic E-state index is 0. The molecule has 0 saturated heterocycles. The second-order valence-corrected chi connectivity index (χ2v) is 23.1. The molecule has 0 aliphatic carbocycles. The van der Waals surface area contributed by atoms with Gasteiger partial charge in [-0.15, -0.1) is 53.8 Å². The Morgan fingerprint density at radius 1 is 0.487 bits per heavy atom. The van der Waals surface area contributed by atoms with Gasteiger partial charge in [0.15, 0.2) is 0 Å². The molecular weight excluding hydrogens is 1110 g/mol. The van der Waals surface area contributed by atoms with E-state index in [1.807, 2.05) is 6.20 Å². The number of fused-ring (bicyclic) bond motifs is 3. The standard InChI is InChI=1S/C70H65N4O.Pt/c1-67(2,3)55-37-50(48-25-15-11-16-26-48)38-56(41-55)72-46-64(70(9,10)53-31-21-14-22-32-53)73(47-72)57-39-51(49-27-17-12-18-28-49)40-58(43-57)75-59-44-61(68(4,5)6)66-60-33-23-24-34-62(60)74(63(66)45-59)65-42-54(35-36-71-65)69(7,8)52-29-19-13-20-30-52;/h11-42,44,46-47H,1-10H3;/q-3;. The van der Waals surface area contributed by atoms with Crippen molar-refractivity contribution in [1.82, 2.24) is 9.55 Å². The van der Waals surface area contributed by atoms with Crippen LogP contribution in [-0.2, 0) is 42.7 Å². The Bertz CT molecular complexity index is 3730. The molecule has 1 aliphatic heterocycles. The van der Waals surface area contributed by atoms with Crippen LogP contribution < -0.4 is 14.5 Å². The first-order valence-corrected chi connectivity index (χ1v) is 26.2. The molecule has 0 saturated carbocycles. The Hall–Kier alpha value is -7.46. The fourth-order valence-electron chi connectivity index (χ4n) is 10.7. The van der Waals surface area contributed by atoms with E-state index in [1.165, 1.54) is 33.4 Å². The maximum Gasteiger partial charge on any atom is 0.135 e. The minimum Gasteiger partial charge on any atom is -0.509 e. The van der Waals surface area contributed by atoms with E-state index in [0.29, 0.717) is 11.5 Å². The van der Waals surface area contributed by atoms with Crippen molar-refractivity contribution in [3.8, 4) is 39.6 Å². The number of ether oxygens (including phenoxy) is 1. The number of para-hydroxylation sites is 1. The number of rotatable bonds is 11. The third-order valence-corrected chi connectivity index (χ3v) is 15.2. The Kier molecular flexibility index (Phi) is 13.9. The van der Waals surface area contributed by atoms with Crippen molar-refractivity contribution < 1.29 is 25.8 Å². The third-order valence-electron chi connectivity index (χ3n) is 15.2. The summed E-state index contributed by atoms with van der Waals surface area (Å²) in [6.45, 7) is 25.1. The van der Waals surface area contributed by atoms with Crippen LogP contribution in [0.4, 0.5) is 11.4 Å². The first-order valence-electron chi connectivity index (χ1n) is 26.2. The van der Waals surface area contributed by atoms with Crippen LogP contribution in [0, 0.1) is 18.8 Å². The van der Waals surface area contributed by atoms with Crippen molar-refractivity contribution in [2.45, 2.75) is 90.9 Å². The fourth-order valence-corrected chi connectivity index (χ4v) is 10.7. The number of hydrogen-bond donors (Lipinski definition) is 0. The van der Waals surface area contributed by atoms with Crippen LogP contribution in [0.2, 0.25) is 0 Å². The number of aromatic nitrogens is 2. The van der Waals surface area contributed by atoms with Gasteiger partial charge in [0, 0.05) is 66.5 Å². The van der Waals surface area contributed by atoms with Crippen molar-refractivity contribution >= 4 is 33.2 Å². The molecule has 8 aromatic carbocycles. The first kappa shape index (κ1) is 52.0. The number of anilines is 2. The van der Waals surface area contributed by atoms with Crippen molar-refractivity contribution in [1.29, 1.82) is 0 Å². The first-order chi connectivity index (χ1) is 35.9. The van der Waals surface area contributed by atoms with E-state index in [1.54, 1.807) is 0 Å². The predicted octanol–water partition coefficient (Wildman–Crippen LogP) is 18.1. The van der Waals surface area contributed by atoms with Crippen LogP contribution >= 0.6 is 0 Å². The summed E-state index contributed by atoms with van der Waals surface area (Å²) in [4.78, 5) is 9.67. The van der Waals surface area contributed by atoms with Crippen LogP contribution in [0.25, 0.3) is 49.9 Å². The molecule has 0 unspecified atom stereocenters. The zero-order valence-corrected chi connectivity index (χ0v) is 47.5. The fraction of sp³-hybridized carbons (Fsp3) is 0.200. The maximum absolute atomic E-state index is 7.22. The van der Waals surface area contributed by atoms with Gasteiger partial charge in [-0.05, 0) is 91.7 Å². The molecule has 0 radical (unpaired) electrons. The second kappa shape index (κ2) is 20.2. The molecule has 2 aromatic heterocycles. The van der Waals surface area contributed by atoms with Gasteiger partial charge in [-0.2, -0.15) is 0 Å². The van der Waals surface area contributed by atoms with Crippen molar-refractivity contribution in [3.63, 3.8) is 0 Å². The molecule has 11 rings (SSSR count). The van der Waals surface area contributed by atoms with Crippen LogP contribution in [0.3, 0.4) is 0 Å². The van der Waals surface area contributed by atoms with Gasteiger partial charge in [0.25, 0.3) is 0 Å². The summed E-state index contributed by atoms with van der Waals surface area (Å²) >= 11 is 0. The zero-order valence-electron chi connectivity index (χ0n) is 45.2. The Morgan fingerprint density at radius 3 is 1.67 bits per heavy atom. The van der Waals surface area contributed by atoms with E-state index in [4.69, 9.17) is 9.72 Å². The smallest absolute Gasteiger partial charge is 0.135 e. The van der Waals surface area contributed by atoms with Crippen molar-refractivity contribution in [2.75, 3.05) is 9.80 Å². The van der Waals surface area contributed by atoms with E-state index in [9.17, 15) is 0 Å². The summed E-state index contributed by atoms with van der Waals surface area (Å²) in [5.41, 5.74) is 14.5. The molecule has 0 amide bonds. The zero-order chi connectivity index (χ0) is 52.3. The normalized spacial score (nSPS) is 13.3. The SMILES string of the molecule is CC(C)(C)c1cc(-c2ccccc2)cc(N2C=C(C(C)(C)c3ccccc3)N(c3[c-]c(Oc4[c-]c5c(c(C(C)(C)C)c4)c4ccccc4n5-c4cc(C(C)(C)c5ccccc5)ccn4)cc(-c4ccccc4)c3)[CH-]2)c1.[Pt]. The molecule has 0 bridgehead atoms. The molecule has 0 fully saturated rings. The maximum atomic E-state index is 7.22. The number of pyridine rings is 1. The molecule has 3 heterocycles. The number of nitrogens with zero attached hydrogens (tertiary/aromatic N) is 4. The summed E-state index contributed by atoms with van der Waals surface area (Å²) < 4.78 is 9.49. The molecule has 6 heteroatoms. The molecule has 5 nitrogen and oxygen atoms in total. The van der Waals surface area contributed by atoms with Crippen LogP contribution in [0.5, 0.6) is 11.5 Å². The van der Waals surface area contributed by atoms with E-state index in [2.05, 4.69) is 303 Å². The number of benzene rings is 8. The quantitative estimate of drug-likeness (QED) is 0.121. The van der Waals surface area contributed by atoms with Crippen molar-refractivity contribution in [2.24, 2.45) is 0 Å². The monoisotopic (exact) mass is 1170 g/mol. The van der Waals surface area contributed by atoms with Gasteiger partial charge in [-0.3, -0.25) is 0 Å². The number of allylic oxidation sites excluding steroid dienone is 1. The minimum atomic E-state index is -0.427. The van der Waals surface area contributed by atoms with Gasteiger partial charge >= 0.3 is 0 Å². The predicted molar refractivity (Wildman–Crippen MR) is 313 cm³/mol. The topological polar surface area (TPSA) is 33.5 Å². The number of hydrogen-bond acceptors (Lipinski definition) is 4.